The zero-order chi connectivity index (χ0) is 19.2. The fourth-order valence-electron chi connectivity index (χ4n) is 4.61. The van der Waals surface area contributed by atoms with Gasteiger partial charge in [0.1, 0.15) is 0 Å². The van der Waals surface area contributed by atoms with Gasteiger partial charge in [0.15, 0.2) is 11.5 Å². The molecule has 2 aliphatic rings. The molecule has 0 amide bonds. The van der Waals surface area contributed by atoms with Gasteiger partial charge in [-0.15, -0.1) is 0 Å². The molecule has 3 rings (SSSR count). The van der Waals surface area contributed by atoms with E-state index >= 15 is 0 Å². The number of rotatable bonds is 7. The van der Waals surface area contributed by atoms with Crippen molar-refractivity contribution in [2.45, 2.75) is 37.9 Å². The number of piperazine rings is 1. The van der Waals surface area contributed by atoms with Gasteiger partial charge in [-0.1, -0.05) is 12.1 Å². The Morgan fingerprint density at radius 1 is 1.07 bits per heavy atom. The fraction of sp³-hybridized carbons (Fsp3) is 0.714. The molecule has 1 unspecified atom stereocenters. The Morgan fingerprint density at radius 3 is 2.52 bits per heavy atom. The predicted molar refractivity (Wildman–Crippen MR) is 108 cm³/mol. The second-order valence-electron chi connectivity index (χ2n) is 7.83. The van der Waals surface area contributed by atoms with Crippen LogP contribution < -0.4 is 9.47 Å². The molecule has 0 aromatic heterocycles. The first-order valence-electron chi connectivity index (χ1n) is 10.1. The number of piperidine rings is 1. The molecule has 2 aliphatic heterocycles. The molecule has 2 saturated heterocycles. The van der Waals surface area contributed by atoms with Gasteiger partial charge in [0, 0.05) is 50.4 Å². The topological polar surface area (TPSA) is 48.4 Å². The first-order valence-corrected chi connectivity index (χ1v) is 10.1. The highest BCUT2D eigenvalue weighted by atomic mass is 16.5. The van der Waals surface area contributed by atoms with E-state index in [-0.39, 0.29) is 6.61 Å². The molecule has 152 valence electrons. The summed E-state index contributed by atoms with van der Waals surface area (Å²) < 4.78 is 11.0. The third-order valence-electron chi connectivity index (χ3n) is 6.11. The molecule has 0 bridgehead atoms. The molecular formula is C21H35N3O3. The Balaban J connectivity index is 1.66. The highest BCUT2D eigenvalue weighted by molar-refractivity contribution is 5.46. The van der Waals surface area contributed by atoms with Gasteiger partial charge in [-0.05, 0) is 45.5 Å². The van der Waals surface area contributed by atoms with Crippen molar-refractivity contribution in [3.63, 3.8) is 0 Å². The minimum Gasteiger partial charge on any atom is -0.493 e. The van der Waals surface area contributed by atoms with Crippen molar-refractivity contribution in [2.75, 3.05) is 60.6 Å². The number of nitrogens with zero attached hydrogens (tertiary/aromatic N) is 3. The van der Waals surface area contributed by atoms with Gasteiger partial charge < -0.3 is 19.5 Å². The quantitative estimate of drug-likeness (QED) is 0.780. The van der Waals surface area contributed by atoms with Crippen LogP contribution in [0.5, 0.6) is 11.5 Å². The van der Waals surface area contributed by atoms with Gasteiger partial charge in [0.05, 0.1) is 14.2 Å². The minimum absolute atomic E-state index is 0.254. The van der Waals surface area contributed by atoms with E-state index in [0.717, 1.165) is 49.7 Å². The number of aliphatic hydroxyl groups is 1. The van der Waals surface area contributed by atoms with Crippen LogP contribution in [0.25, 0.3) is 0 Å². The largest absolute Gasteiger partial charge is 0.493 e. The van der Waals surface area contributed by atoms with E-state index < -0.39 is 0 Å². The summed E-state index contributed by atoms with van der Waals surface area (Å²) in [6, 6.07) is 7.16. The number of ether oxygens (including phenoxy) is 2. The molecule has 1 atom stereocenters. The molecule has 1 aromatic rings. The number of hydrogen-bond acceptors (Lipinski definition) is 6. The summed E-state index contributed by atoms with van der Waals surface area (Å²) in [7, 11) is 5.59. The number of hydrogen-bond donors (Lipinski definition) is 1. The fourth-order valence-corrected chi connectivity index (χ4v) is 4.61. The van der Waals surface area contributed by atoms with Gasteiger partial charge in [-0.3, -0.25) is 9.80 Å². The second kappa shape index (κ2) is 9.73. The van der Waals surface area contributed by atoms with E-state index in [1.165, 1.54) is 25.9 Å². The number of para-hydroxylation sites is 1. The summed E-state index contributed by atoms with van der Waals surface area (Å²) >= 11 is 0. The molecule has 6 nitrogen and oxygen atoms in total. The summed E-state index contributed by atoms with van der Waals surface area (Å²) in [5.41, 5.74) is 1.16. The van der Waals surface area contributed by atoms with Crippen LogP contribution in [-0.4, -0.2) is 92.5 Å². The maximum Gasteiger partial charge on any atom is 0.165 e. The molecule has 27 heavy (non-hydrogen) atoms. The zero-order valence-corrected chi connectivity index (χ0v) is 17.1. The van der Waals surface area contributed by atoms with Crippen molar-refractivity contribution in [1.82, 2.24) is 14.7 Å². The maximum atomic E-state index is 9.61. The predicted octanol–water partition coefficient (Wildman–Crippen LogP) is 1.67. The second-order valence-corrected chi connectivity index (χ2v) is 7.83. The van der Waals surface area contributed by atoms with Crippen LogP contribution in [0.15, 0.2) is 18.2 Å². The van der Waals surface area contributed by atoms with Crippen molar-refractivity contribution in [1.29, 1.82) is 0 Å². The van der Waals surface area contributed by atoms with Gasteiger partial charge in [-0.2, -0.15) is 0 Å². The van der Waals surface area contributed by atoms with Gasteiger partial charge in [0.25, 0.3) is 0 Å². The van der Waals surface area contributed by atoms with E-state index in [1.807, 2.05) is 12.1 Å². The Morgan fingerprint density at radius 2 is 1.85 bits per heavy atom. The lowest BCUT2D eigenvalue weighted by Gasteiger charge is -2.47. The lowest BCUT2D eigenvalue weighted by atomic mass is 9.98. The highest BCUT2D eigenvalue weighted by Crippen LogP contribution is 2.32. The summed E-state index contributed by atoms with van der Waals surface area (Å²) in [4.78, 5) is 7.58. The van der Waals surface area contributed by atoms with Crippen molar-refractivity contribution >= 4 is 0 Å². The molecule has 0 spiro atoms. The first-order chi connectivity index (χ1) is 13.2. The van der Waals surface area contributed by atoms with Crippen LogP contribution in [0, 0.1) is 0 Å². The average Bonchev–Trinajstić information content (AvgIpc) is 2.69. The molecule has 0 saturated carbocycles. The maximum absolute atomic E-state index is 9.61. The van der Waals surface area contributed by atoms with Crippen LogP contribution in [0.2, 0.25) is 0 Å². The van der Waals surface area contributed by atoms with Crippen LogP contribution >= 0.6 is 0 Å². The molecule has 1 N–H and O–H groups in total. The summed E-state index contributed by atoms with van der Waals surface area (Å²) in [5.74, 6) is 1.61. The Hall–Kier alpha value is -1.34. The first kappa shape index (κ1) is 20.4. The Labute approximate surface area is 163 Å². The third kappa shape index (κ3) is 4.93. The molecule has 0 radical (unpaired) electrons. The number of aliphatic hydroxyl groups excluding tert-OH is 1. The highest BCUT2D eigenvalue weighted by Gasteiger charge is 2.33. The normalized spacial score (nSPS) is 23.5. The summed E-state index contributed by atoms with van der Waals surface area (Å²) in [6.07, 6.45) is 3.32. The Kier molecular flexibility index (Phi) is 7.35. The van der Waals surface area contributed by atoms with Crippen molar-refractivity contribution in [3.05, 3.63) is 23.8 Å². The molecule has 2 heterocycles. The average molecular weight is 378 g/mol. The SMILES string of the molecule is COc1cccc(CN2CCN(C3CCN(C)CC3)C(CCO)C2)c1OC. The Bertz CT molecular complexity index is 590. The smallest absolute Gasteiger partial charge is 0.165 e. The number of likely N-dealkylation sites (tertiary alicyclic amines) is 1. The van der Waals surface area contributed by atoms with Gasteiger partial charge in [0.2, 0.25) is 0 Å². The lowest BCUT2D eigenvalue weighted by Crippen LogP contribution is -2.58. The van der Waals surface area contributed by atoms with Gasteiger partial charge >= 0.3 is 0 Å². The van der Waals surface area contributed by atoms with E-state index in [4.69, 9.17) is 9.47 Å². The number of methoxy groups -OCH3 is 2. The van der Waals surface area contributed by atoms with Crippen molar-refractivity contribution in [3.8, 4) is 11.5 Å². The molecular weight excluding hydrogens is 342 g/mol. The van der Waals surface area contributed by atoms with Gasteiger partial charge in [-0.25, -0.2) is 0 Å². The van der Waals surface area contributed by atoms with E-state index in [0.29, 0.717) is 12.1 Å². The van der Waals surface area contributed by atoms with E-state index in [9.17, 15) is 5.11 Å². The van der Waals surface area contributed by atoms with Crippen molar-refractivity contribution < 1.29 is 14.6 Å². The van der Waals surface area contributed by atoms with E-state index in [2.05, 4.69) is 27.8 Å². The van der Waals surface area contributed by atoms with Crippen LogP contribution in [-0.2, 0) is 6.54 Å². The lowest BCUT2D eigenvalue weighted by molar-refractivity contribution is 0.00579. The summed E-state index contributed by atoms with van der Waals surface area (Å²) in [6.45, 7) is 6.58. The number of benzene rings is 1. The van der Waals surface area contributed by atoms with Crippen molar-refractivity contribution in [2.24, 2.45) is 0 Å². The summed E-state index contributed by atoms with van der Waals surface area (Å²) in [5, 5.41) is 9.61. The van der Waals surface area contributed by atoms with E-state index in [1.54, 1.807) is 14.2 Å². The third-order valence-corrected chi connectivity index (χ3v) is 6.11. The van der Waals surface area contributed by atoms with Crippen LogP contribution in [0.4, 0.5) is 0 Å². The molecule has 1 aromatic carbocycles. The van der Waals surface area contributed by atoms with Crippen LogP contribution in [0.3, 0.4) is 0 Å². The molecule has 2 fully saturated rings. The standard InChI is InChI=1S/C21H35N3O3/c1-22-10-7-18(8-11-22)24-13-12-23(16-19(24)9-14-25)15-17-5-4-6-20(26-2)21(17)27-3/h4-6,18-19,25H,7-16H2,1-3H3. The molecule has 0 aliphatic carbocycles. The monoisotopic (exact) mass is 377 g/mol. The molecule has 6 heteroatoms. The minimum atomic E-state index is 0.254. The van der Waals surface area contributed by atoms with Crippen LogP contribution in [0.1, 0.15) is 24.8 Å². The zero-order valence-electron chi connectivity index (χ0n) is 17.1.